The van der Waals surface area contributed by atoms with Gasteiger partial charge in [-0.15, -0.1) is 4.91 Å². The molecule has 51 heavy (non-hydrogen) atoms. The molecule has 0 saturated heterocycles. The molecule has 0 radical (unpaired) electrons. The van der Waals surface area contributed by atoms with Crippen LogP contribution in [0.25, 0.3) is 11.4 Å². The molecule has 2 unspecified atom stereocenters. The fraction of sp³-hybridized carbons (Fsp3) is 0.270. The third-order valence-electron chi connectivity index (χ3n) is 7.85. The van der Waals surface area contributed by atoms with E-state index in [1.165, 1.54) is 35.0 Å². The number of amides is 2. The molecule has 3 aromatic carbocycles. The van der Waals surface area contributed by atoms with Gasteiger partial charge in [-0.1, -0.05) is 18.1 Å². The van der Waals surface area contributed by atoms with Gasteiger partial charge in [0.2, 0.25) is 0 Å². The second kappa shape index (κ2) is 15.2. The van der Waals surface area contributed by atoms with Gasteiger partial charge in [0.15, 0.2) is 11.5 Å². The number of hydrogen-bond acceptors (Lipinski definition) is 9. The zero-order chi connectivity index (χ0) is 36.9. The number of nitrogens with zero attached hydrogens (tertiary/aromatic N) is 4. The van der Waals surface area contributed by atoms with Gasteiger partial charge >= 0.3 is 12.1 Å². The van der Waals surface area contributed by atoms with Crippen LogP contribution in [0.1, 0.15) is 67.0 Å². The summed E-state index contributed by atoms with van der Waals surface area (Å²) >= 11 is 0. The molecule has 4 aromatic rings. The van der Waals surface area contributed by atoms with Gasteiger partial charge in [0.25, 0.3) is 5.91 Å². The molecular formula is C37H37FN6O7. The van der Waals surface area contributed by atoms with Crippen molar-refractivity contribution < 1.29 is 33.5 Å². The Morgan fingerprint density at radius 2 is 1.78 bits per heavy atom. The molecule has 1 aliphatic rings. The first-order valence-corrected chi connectivity index (χ1v) is 16.1. The number of rotatable bonds is 10. The first-order chi connectivity index (χ1) is 24.2. The minimum atomic E-state index is -1.37. The summed E-state index contributed by atoms with van der Waals surface area (Å²) in [7, 11) is 0. The minimum Gasteiger partial charge on any atom is -0.480 e. The van der Waals surface area contributed by atoms with Gasteiger partial charge in [0, 0.05) is 34.8 Å². The van der Waals surface area contributed by atoms with Gasteiger partial charge in [-0.2, -0.15) is 5.10 Å². The summed E-state index contributed by atoms with van der Waals surface area (Å²) in [6.07, 6.45) is 1.59. The first-order valence-electron chi connectivity index (χ1n) is 16.1. The van der Waals surface area contributed by atoms with Crippen molar-refractivity contribution in [3.05, 3.63) is 118 Å². The van der Waals surface area contributed by atoms with Crippen LogP contribution in [0.15, 0.2) is 89.2 Å². The molecule has 0 spiro atoms. The molecular weight excluding hydrogens is 659 g/mol. The Morgan fingerprint density at radius 1 is 1.08 bits per heavy atom. The number of carboxylic acid groups (broad SMARTS) is 1. The van der Waals surface area contributed by atoms with Gasteiger partial charge in [-0.3, -0.25) is 10.1 Å². The minimum absolute atomic E-state index is 0.0142. The van der Waals surface area contributed by atoms with E-state index in [0.29, 0.717) is 46.1 Å². The maximum Gasteiger partial charge on any atom is 0.412 e. The van der Waals surface area contributed by atoms with Crippen molar-refractivity contribution in [2.45, 2.75) is 59.1 Å². The number of hydrogen-bond donors (Lipinski definition) is 3. The Kier molecular flexibility index (Phi) is 10.7. The maximum atomic E-state index is 15.6. The molecule has 2 heterocycles. The Bertz CT molecular complexity index is 2010. The second-order valence-electron chi connectivity index (χ2n) is 13.1. The lowest BCUT2D eigenvalue weighted by Gasteiger charge is -2.19. The molecule has 1 aromatic heterocycles. The van der Waals surface area contributed by atoms with Gasteiger partial charge in [-0.25, -0.2) is 18.7 Å². The number of aromatic nitrogens is 2. The number of allylic oxidation sites excluding steroid dienone is 1. The predicted molar refractivity (Wildman–Crippen MR) is 188 cm³/mol. The van der Waals surface area contributed by atoms with Gasteiger partial charge in [-0.05, 0) is 118 Å². The molecule has 1 aliphatic heterocycles. The summed E-state index contributed by atoms with van der Waals surface area (Å²) in [5.74, 6) is -2.40. The molecule has 264 valence electrons. The number of carbonyl (C=O) groups excluding carboxylic acids is 2. The third kappa shape index (κ3) is 9.09. The van der Waals surface area contributed by atoms with Gasteiger partial charge in [0.05, 0.1) is 11.4 Å². The highest BCUT2D eigenvalue weighted by atomic mass is 19.1. The van der Waals surface area contributed by atoms with Crippen molar-refractivity contribution in [2.24, 2.45) is 16.3 Å². The summed E-state index contributed by atoms with van der Waals surface area (Å²) in [5, 5.41) is 26.5. The number of halogens is 1. The molecule has 3 N–H and O–H groups in total. The predicted octanol–water partition coefficient (Wildman–Crippen LogP) is 7.29. The van der Waals surface area contributed by atoms with E-state index in [9.17, 15) is 24.4 Å². The number of carboxylic acids is 1. The Labute approximate surface area is 293 Å². The highest BCUT2D eigenvalue weighted by Gasteiger charge is 2.26. The number of oxime groups is 1. The zero-order valence-corrected chi connectivity index (χ0v) is 28.6. The average Bonchev–Trinajstić information content (AvgIpc) is 3.37. The summed E-state index contributed by atoms with van der Waals surface area (Å²) in [4.78, 5) is 53.7. The number of carbonyl (C=O) groups is 3. The van der Waals surface area contributed by atoms with E-state index in [4.69, 9.17) is 9.57 Å². The van der Waals surface area contributed by atoms with E-state index in [1.807, 2.05) is 13.0 Å². The molecule has 5 rings (SSSR count). The van der Waals surface area contributed by atoms with Crippen molar-refractivity contribution in [1.29, 1.82) is 0 Å². The third-order valence-corrected chi connectivity index (χ3v) is 7.85. The Morgan fingerprint density at radius 3 is 2.41 bits per heavy atom. The number of benzene rings is 3. The smallest absolute Gasteiger partial charge is 0.412 e. The SMILES string of the molecule is Cc1cc(C(=O)NC(Cc2ccc(C3=NOC(c4ccc(NC(=O)OC(C)(C)C)cc4)=CCC3C)c(F)c2)C(=O)O)nn1-c1ccc(N=O)cc1. The van der Waals surface area contributed by atoms with Crippen LogP contribution in [0.2, 0.25) is 0 Å². The number of aryl methyl sites for hydroxylation is 1. The van der Waals surface area contributed by atoms with E-state index < -0.39 is 35.4 Å². The summed E-state index contributed by atoms with van der Waals surface area (Å²) in [5.41, 5.74) is 2.93. The number of nitroso groups, excluding NO2 is 1. The van der Waals surface area contributed by atoms with Crippen LogP contribution in [-0.4, -0.2) is 50.2 Å². The van der Waals surface area contributed by atoms with Crippen LogP contribution in [0.4, 0.5) is 20.6 Å². The van der Waals surface area contributed by atoms with Crippen LogP contribution >= 0.6 is 0 Å². The molecule has 2 atom stereocenters. The lowest BCUT2D eigenvalue weighted by atomic mass is 9.93. The van der Waals surface area contributed by atoms with Crippen molar-refractivity contribution >= 4 is 40.8 Å². The largest absolute Gasteiger partial charge is 0.480 e. The molecule has 0 aliphatic carbocycles. The van der Waals surface area contributed by atoms with E-state index in [1.54, 1.807) is 70.2 Å². The molecule has 2 amide bonds. The summed E-state index contributed by atoms with van der Waals surface area (Å²) < 4.78 is 22.3. The molecule has 0 fully saturated rings. The Balaban J connectivity index is 1.24. The van der Waals surface area contributed by atoms with E-state index in [2.05, 4.69) is 26.1 Å². The summed E-state index contributed by atoms with van der Waals surface area (Å²) in [6, 6.07) is 17.6. The fourth-order valence-electron chi connectivity index (χ4n) is 5.31. The van der Waals surface area contributed by atoms with Crippen molar-refractivity contribution in [1.82, 2.24) is 15.1 Å². The number of nitrogens with one attached hydrogen (secondary N) is 2. The van der Waals surface area contributed by atoms with Gasteiger partial charge in [0.1, 0.15) is 23.1 Å². The fourth-order valence-corrected chi connectivity index (χ4v) is 5.31. The second-order valence-corrected chi connectivity index (χ2v) is 13.1. The van der Waals surface area contributed by atoms with Crippen LogP contribution < -0.4 is 10.6 Å². The van der Waals surface area contributed by atoms with Crippen molar-refractivity contribution in [3.8, 4) is 5.69 Å². The van der Waals surface area contributed by atoms with Crippen LogP contribution in [0, 0.1) is 23.6 Å². The van der Waals surface area contributed by atoms with Crippen LogP contribution in [0.5, 0.6) is 0 Å². The lowest BCUT2D eigenvalue weighted by molar-refractivity contribution is -0.139. The van der Waals surface area contributed by atoms with Crippen LogP contribution in [-0.2, 0) is 20.8 Å². The van der Waals surface area contributed by atoms with Crippen LogP contribution in [0.3, 0.4) is 0 Å². The highest BCUT2D eigenvalue weighted by molar-refractivity contribution is 6.02. The summed E-state index contributed by atoms with van der Waals surface area (Å²) in [6.45, 7) is 8.94. The molecule has 14 heteroatoms. The first kappa shape index (κ1) is 36.1. The zero-order valence-electron chi connectivity index (χ0n) is 28.6. The van der Waals surface area contributed by atoms with Crippen molar-refractivity contribution in [2.75, 3.05) is 5.32 Å². The van der Waals surface area contributed by atoms with Gasteiger partial charge < -0.3 is 20.0 Å². The molecule has 0 saturated carbocycles. The van der Waals surface area contributed by atoms with E-state index >= 15 is 4.39 Å². The van der Waals surface area contributed by atoms with E-state index in [0.717, 1.165) is 0 Å². The number of anilines is 1. The number of ether oxygens (including phenoxy) is 1. The average molecular weight is 697 g/mol. The number of aliphatic carboxylic acids is 1. The highest BCUT2D eigenvalue weighted by Crippen LogP contribution is 2.28. The lowest BCUT2D eigenvalue weighted by Crippen LogP contribution is -2.42. The van der Waals surface area contributed by atoms with E-state index in [-0.39, 0.29) is 29.3 Å². The quantitative estimate of drug-likeness (QED) is 0.145. The Hall–Kier alpha value is -6.18. The topological polar surface area (TPSA) is 174 Å². The normalized spacial score (nSPS) is 15.0. The standard InChI is InChI=1S/C37H37FN6O7/c1-21-6-17-32(24-8-10-25(11-9-24)39-36(48)50-37(3,4)5)51-43-33(21)28-16-7-23(19-29(28)38)20-31(35(46)47)40-34(45)30-18-22(2)44(41-30)27-14-12-26(42-49)13-15-27/h7-19,21,31H,6,20H2,1-5H3,(H,39,48)(H,40,45)(H,46,47). The van der Waals surface area contributed by atoms with Crippen molar-refractivity contribution in [3.63, 3.8) is 0 Å². The molecule has 0 bridgehead atoms. The molecule has 13 nitrogen and oxygen atoms in total. The monoisotopic (exact) mass is 696 g/mol. The maximum absolute atomic E-state index is 15.6.